The first-order valence-corrected chi connectivity index (χ1v) is 10.8. The van der Waals surface area contributed by atoms with Gasteiger partial charge in [0.2, 0.25) is 5.91 Å². The van der Waals surface area contributed by atoms with Crippen LogP contribution in [0.4, 0.5) is 15.9 Å². The molecule has 162 valence electrons. The van der Waals surface area contributed by atoms with E-state index in [1.54, 1.807) is 12.1 Å². The molecule has 1 aromatic heterocycles. The Morgan fingerprint density at radius 2 is 1.71 bits per heavy atom. The van der Waals surface area contributed by atoms with E-state index in [0.717, 1.165) is 28.6 Å². The number of anilines is 2. The zero-order valence-electron chi connectivity index (χ0n) is 18.5. The maximum Gasteiger partial charge on any atom is 0.226 e. The Morgan fingerprint density at radius 3 is 2.35 bits per heavy atom. The number of amides is 1. The summed E-state index contributed by atoms with van der Waals surface area (Å²) >= 11 is 0. The number of aromatic nitrogens is 2. The molecular weight excluding hydrogens is 391 g/mol. The van der Waals surface area contributed by atoms with Gasteiger partial charge in [-0.3, -0.25) is 4.79 Å². The van der Waals surface area contributed by atoms with Crippen LogP contribution in [0.5, 0.6) is 0 Å². The van der Waals surface area contributed by atoms with E-state index in [2.05, 4.69) is 42.8 Å². The fourth-order valence-corrected chi connectivity index (χ4v) is 3.80. The highest BCUT2D eigenvalue weighted by molar-refractivity contribution is 5.80. The highest BCUT2D eigenvalue weighted by Gasteiger charge is 2.30. The molecule has 5 nitrogen and oxygen atoms in total. The predicted octanol–water partition coefficient (Wildman–Crippen LogP) is 5.38. The van der Waals surface area contributed by atoms with Crippen molar-refractivity contribution in [1.82, 2.24) is 14.5 Å². The Kier molecular flexibility index (Phi) is 5.81. The first kappa shape index (κ1) is 21.1. The molecule has 1 aliphatic heterocycles. The van der Waals surface area contributed by atoms with Crippen molar-refractivity contribution in [3.8, 4) is 11.3 Å². The van der Waals surface area contributed by atoms with Gasteiger partial charge in [0.15, 0.2) is 0 Å². The van der Waals surface area contributed by atoms with Crippen molar-refractivity contribution in [1.29, 1.82) is 0 Å². The zero-order valence-corrected chi connectivity index (χ0v) is 18.5. The van der Waals surface area contributed by atoms with Crippen LogP contribution < -0.4 is 5.32 Å². The lowest BCUT2D eigenvalue weighted by Gasteiger charge is -2.31. The van der Waals surface area contributed by atoms with Gasteiger partial charge in [-0.2, -0.15) is 0 Å². The predicted molar refractivity (Wildman–Crippen MR) is 122 cm³/mol. The molecule has 0 radical (unpaired) electrons. The summed E-state index contributed by atoms with van der Waals surface area (Å²) in [5.41, 5.74) is 3.75. The fraction of sp³-hybridized carbons (Fsp3) is 0.360. The Morgan fingerprint density at radius 1 is 1.03 bits per heavy atom. The Labute approximate surface area is 182 Å². The molecule has 0 saturated carbocycles. The summed E-state index contributed by atoms with van der Waals surface area (Å²) in [6, 6.07) is 14.6. The average Bonchev–Trinajstić information content (AvgIpc) is 3.12. The number of hydrogen-bond acceptors (Lipinski definition) is 3. The highest BCUT2D eigenvalue weighted by atomic mass is 19.1. The van der Waals surface area contributed by atoms with Crippen LogP contribution in [0, 0.1) is 24.6 Å². The zero-order chi connectivity index (χ0) is 22.1. The van der Waals surface area contributed by atoms with E-state index in [0.29, 0.717) is 25.6 Å². The number of rotatable bonds is 5. The SMILES string of the molecule is Cc1ccc(Nc2c(-c3ccc(F)cc3)nc3n2CCN(C(=O)C(C)C(C)C)C3)cc1. The Bertz CT molecular complexity index is 1070. The number of aryl methyl sites for hydroxylation is 1. The van der Waals surface area contributed by atoms with E-state index in [-0.39, 0.29) is 17.6 Å². The molecule has 1 atom stereocenters. The second-order valence-electron chi connectivity index (χ2n) is 8.67. The topological polar surface area (TPSA) is 50.2 Å². The first-order chi connectivity index (χ1) is 14.8. The largest absolute Gasteiger partial charge is 0.340 e. The Hall–Kier alpha value is -3.15. The highest BCUT2D eigenvalue weighted by Crippen LogP contribution is 2.33. The number of nitrogens with zero attached hydrogens (tertiary/aromatic N) is 3. The minimum absolute atomic E-state index is 0.0248. The molecule has 3 aromatic rings. The van der Waals surface area contributed by atoms with Gasteiger partial charge < -0.3 is 14.8 Å². The molecule has 2 aromatic carbocycles. The molecule has 0 spiro atoms. The van der Waals surface area contributed by atoms with Crippen LogP contribution in [0.15, 0.2) is 48.5 Å². The monoisotopic (exact) mass is 420 g/mol. The van der Waals surface area contributed by atoms with E-state index < -0.39 is 0 Å². The third kappa shape index (κ3) is 4.33. The number of fused-ring (bicyclic) bond motifs is 1. The summed E-state index contributed by atoms with van der Waals surface area (Å²) in [4.78, 5) is 19.7. The maximum absolute atomic E-state index is 13.5. The number of hydrogen-bond donors (Lipinski definition) is 1. The van der Waals surface area contributed by atoms with Crippen LogP contribution in [-0.4, -0.2) is 26.9 Å². The van der Waals surface area contributed by atoms with Crippen LogP contribution in [0.2, 0.25) is 0 Å². The van der Waals surface area contributed by atoms with E-state index in [1.165, 1.54) is 17.7 Å². The summed E-state index contributed by atoms with van der Waals surface area (Å²) in [6.45, 7) is 9.96. The molecule has 0 bridgehead atoms. The molecule has 2 heterocycles. The number of carbonyl (C=O) groups excluding carboxylic acids is 1. The van der Waals surface area contributed by atoms with Crippen molar-refractivity contribution in [2.45, 2.75) is 40.8 Å². The first-order valence-electron chi connectivity index (χ1n) is 10.8. The van der Waals surface area contributed by atoms with Crippen molar-refractivity contribution < 1.29 is 9.18 Å². The van der Waals surface area contributed by atoms with Crippen LogP contribution >= 0.6 is 0 Å². The van der Waals surface area contributed by atoms with Crippen molar-refractivity contribution in [2.75, 3.05) is 11.9 Å². The van der Waals surface area contributed by atoms with Crippen LogP contribution in [0.1, 0.15) is 32.2 Å². The van der Waals surface area contributed by atoms with Gasteiger partial charge in [-0.1, -0.05) is 38.5 Å². The summed E-state index contributed by atoms with van der Waals surface area (Å²) in [5.74, 6) is 1.87. The molecule has 1 aliphatic rings. The number of benzene rings is 2. The van der Waals surface area contributed by atoms with Crippen molar-refractivity contribution in [2.24, 2.45) is 11.8 Å². The average molecular weight is 421 g/mol. The van der Waals surface area contributed by atoms with Gasteiger partial charge in [-0.15, -0.1) is 0 Å². The lowest BCUT2D eigenvalue weighted by atomic mass is 9.96. The molecule has 6 heteroatoms. The number of nitrogens with one attached hydrogen (secondary N) is 1. The van der Waals surface area contributed by atoms with Gasteiger partial charge in [0.05, 0.1) is 6.54 Å². The molecule has 1 amide bonds. The molecule has 31 heavy (non-hydrogen) atoms. The third-order valence-corrected chi connectivity index (χ3v) is 6.11. The molecule has 0 saturated heterocycles. The number of imidazole rings is 1. The molecule has 0 fully saturated rings. The summed E-state index contributed by atoms with van der Waals surface area (Å²) < 4.78 is 15.7. The summed E-state index contributed by atoms with van der Waals surface area (Å²) in [6.07, 6.45) is 0. The van der Waals surface area contributed by atoms with E-state index in [1.807, 2.05) is 24.0 Å². The van der Waals surface area contributed by atoms with Gasteiger partial charge in [0, 0.05) is 30.3 Å². The fourth-order valence-electron chi connectivity index (χ4n) is 3.80. The van der Waals surface area contributed by atoms with E-state index in [4.69, 9.17) is 4.98 Å². The third-order valence-electron chi connectivity index (χ3n) is 6.11. The van der Waals surface area contributed by atoms with Crippen LogP contribution in [-0.2, 0) is 17.9 Å². The van der Waals surface area contributed by atoms with E-state index in [9.17, 15) is 9.18 Å². The second-order valence-corrected chi connectivity index (χ2v) is 8.67. The number of halogens is 1. The lowest BCUT2D eigenvalue weighted by Crippen LogP contribution is -2.42. The smallest absolute Gasteiger partial charge is 0.226 e. The van der Waals surface area contributed by atoms with Crippen LogP contribution in [0.25, 0.3) is 11.3 Å². The van der Waals surface area contributed by atoms with Crippen molar-refractivity contribution in [3.05, 3.63) is 65.7 Å². The summed E-state index contributed by atoms with van der Waals surface area (Å²) in [5, 5.41) is 3.51. The normalized spacial score (nSPS) is 14.5. The molecule has 0 aliphatic carbocycles. The Balaban J connectivity index is 1.71. The number of carbonyl (C=O) groups is 1. The molecule has 1 unspecified atom stereocenters. The van der Waals surface area contributed by atoms with Gasteiger partial charge in [-0.25, -0.2) is 9.37 Å². The standard InChI is InChI=1S/C25H29FN4O/c1-16(2)18(4)25(31)29-13-14-30-22(15-29)28-23(19-7-9-20(26)10-8-19)24(30)27-21-11-5-17(3)6-12-21/h5-12,16,18,27H,13-15H2,1-4H3. The quantitative estimate of drug-likeness (QED) is 0.603. The minimum atomic E-state index is -0.278. The minimum Gasteiger partial charge on any atom is -0.340 e. The molecule has 4 rings (SSSR count). The van der Waals surface area contributed by atoms with Gasteiger partial charge in [0.1, 0.15) is 23.2 Å². The maximum atomic E-state index is 13.5. The second kappa shape index (κ2) is 8.53. The van der Waals surface area contributed by atoms with Crippen LogP contribution in [0.3, 0.4) is 0 Å². The molecule has 1 N–H and O–H groups in total. The van der Waals surface area contributed by atoms with Crippen molar-refractivity contribution in [3.63, 3.8) is 0 Å². The lowest BCUT2D eigenvalue weighted by molar-refractivity contribution is -0.137. The summed E-state index contributed by atoms with van der Waals surface area (Å²) in [7, 11) is 0. The van der Waals surface area contributed by atoms with Gasteiger partial charge in [0.25, 0.3) is 0 Å². The van der Waals surface area contributed by atoms with Crippen molar-refractivity contribution >= 4 is 17.4 Å². The van der Waals surface area contributed by atoms with E-state index >= 15 is 0 Å². The van der Waals surface area contributed by atoms with Gasteiger partial charge in [-0.05, 0) is 49.2 Å². The molecular formula is C25H29FN4O. The van der Waals surface area contributed by atoms with Gasteiger partial charge >= 0.3 is 0 Å².